The summed E-state index contributed by atoms with van der Waals surface area (Å²) in [5.41, 5.74) is 0.703. The van der Waals surface area contributed by atoms with Crippen molar-refractivity contribution in [3.05, 3.63) is 58.1 Å². The summed E-state index contributed by atoms with van der Waals surface area (Å²) in [6.45, 7) is 6.38. The molecule has 0 atom stereocenters. The average molecular weight is 525 g/mol. The van der Waals surface area contributed by atoms with Crippen LogP contribution in [0.15, 0.2) is 47.4 Å². The molecule has 0 radical (unpaired) electrons. The predicted octanol–water partition coefficient (Wildman–Crippen LogP) is 6.40. The van der Waals surface area contributed by atoms with Gasteiger partial charge in [0.05, 0.1) is 15.6 Å². The van der Waals surface area contributed by atoms with Crippen LogP contribution < -0.4 is 4.90 Å². The highest BCUT2D eigenvalue weighted by molar-refractivity contribution is 7.92. The van der Waals surface area contributed by atoms with E-state index in [1.807, 2.05) is 37.8 Å². The topological polar surface area (TPSA) is 63.7 Å². The maximum atomic E-state index is 13.9. The molecule has 0 bridgehead atoms. The summed E-state index contributed by atoms with van der Waals surface area (Å²) in [6, 6.07) is 11.8. The Labute approximate surface area is 212 Å². The molecule has 2 aliphatic rings. The van der Waals surface area contributed by atoms with Crippen molar-refractivity contribution in [2.75, 3.05) is 18.1 Å². The molecular formula is C26H31Cl2NO4S. The van der Waals surface area contributed by atoms with Crippen molar-refractivity contribution >= 4 is 44.6 Å². The zero-order valence-electron chi connectivity index (χ0n) is 19.8. The van der Waals surface area contributed by atoms with Crippen LogP contribution in [0.2, 0.25) is 10.0 Å². The van der Waals surface area contributed by atoms with Gasteiger partial charge in [-0.15, -0.1) is 0 Å². The first-order valence-corrected chi connectivity index (χ1v) is 13.9. The summed E-state index contributed by atoms with van der Waals surface area (Å²) in [5.74, 6) is 0.0152. The second-order valence-corrected chi connectivity index (χ2v) is 13.3. The fourth-order valence-corrected chi connectivity index (χ4v) is 7.20. The molecule has 184 valence electrons. The zero-order valence-corrected chi connectivity index (χ0v) is 22.1. The lowest BCUT2D eigenvalue weighted by atomic mass is 9.86. The number of ether oxygens (including phenoxy) is 1. The number of amides is 1. The Kier molecular flexibility index (Phi) is 7.09. The molecule has 1 aliphatic carbocycles. The lowest BCUT2D eigenvalue weighted by molar-refractivity contribution is -0.126. The lowest BCUT2D eigenvalue weighted by Gasteiger charge is -2.42. The van der Waals surface area contributed by atoms with Crippen molar-refractivity contribution in [2.24, 2.45) is 5.41 Å². The van der Waals surface area contributed by atoms with Gasteiger partial charge in [-0.25, -0.2) is 8.42 Å². The quantitative estimate of drug-likeness (QED) is 0.454. The summed E-state index contributed by atoms with van der Waals surface area (Å²) in [4.78, 5) is 15.4. The van der Waals surface area contributed by atoms with Crippen molar-refractivity contribution < 1.29 is 17.9 Å². The lowest BCUT2D eigenvalue weighted by Crippen LogP contribution is -2.49. The van der Waals surface area contributed by atoms with Gasteiger partial charge in [0.2, 0.25) is 5.91 Å². The molecule has 0 unspecified atom stereocenters. The number of sulfone groups is 1. The van der Waals surface area contributed by atoms with Crippen LogP contribution in [0.3, 0.4) is 0 Å². The first kappa shape index (κ1) is 25.5. The summed E-state index contributed by atoms with van der Waals surface area (Å²) in [7, 11) is -3.77. The fraction of sp³-hybridized carbons (Fsp3) is 0.500. The molecular weight excluding hydrogens is 493 g/mol. The number of rotatable bonds is 5. The molecule has 2 aromatic rings. The highest BCUT2D eigenvalue weighted by Gasteiger charge is 2.48. The largest absolute Gasteiger partial charge is 0.381 e. The maximum absolute atomic E-state index is 13.9. The average Bonchev–Trinajstić information content (AvgIpc) is 2.76. The number of benzene rings is 2. The molecule has 2 fully saturated rings. The van der Waals surface area contributed by atoms with E-state index >= 15 is 0 Å². The molecule has 1 amide bonds. The van der Waals surface area contributed by atoms with Gasteiger partial charge in [0.15, 0.2) is 9.84 Å². The van der Waals surface area contributed by atoms with Crippen LogP contribution in [0.25, 0.3) is 0 Å². The molecule has 8 heteroatoms. The van der Waals surface area contributed by atoms with Crippen LogP contribution in [-0.4, -0.2) is 33.6 Å². The Balaban J connectivity index is 1.80. The van der Waals surface area contributed by atoms with Crippen LogP contribution in [0.4, 0.5) is 5.69 Å². The number of carbonyl (C=O) groups excluding carboxylic acids is 1. The van der Waals surface area contributed by atoms with Gasteiger partial charge in [-0.1, -0.05) is 50.0 Å². The van der Waals surface area contributed by atoms with E-state index in [-0.39, 0.29) is 16.8 Å². The number of halogens is 2. The number of hydrogen-bond donors (Lipinski definition) is 0. The van der Waals surface area contributed by atoms with Gasteiger partial charge in [-0.05, 0) is 74.1 Å². The van der Waals surface area contributed by atoms with Crippen LogP contribution in [0.5, 0.6) is 0 Å². The molecule has 0 N–H and O–H groups in total. The van der Waals surface area contributed by atoms with Gasteiger partial charge in [0.25, 0.3) is 0 Å². The number of nitrogens with zero attached hydrogens (tertiary/aromatic N) is 1. The van der Waals surface area contributed by atoms with E-state index in [0.717, 1.165) is 19.3 Å². The Hall–Kier alpha value is -1.60. The van der Waals surface area contributed by atoms with Gasteiger partial charge in [0, 0.05) is 29.7 Å². The van der Waals surface area contributed by atoms with Crippen molar-refractivity contribution in [1.29, 1.82) is 0 Å². The minimum Gasteiger partial charge on any atom is -0.381 e. The molecule has 34 heavy (non-hydrogen) atoms. The van der Waals surface area contributed by atoms with E-state index in [4.69, 9.17) is 27.9 Å². The van der Waals surface area contributed by atoms with Crippen LogP contribution in [0.1, 0.15) is 58.4 Å². The van der Waals surface area contributed by atoms with E-state index in [1.165, 1.54) is 0 Å². The summed E-state index contributed by atoms with van der Waals surface area (Å²) < 4.78 is 32.3. The van der Waals surface area contributed by atoms with Gasteiger partial charge in [-0.2, -0.15) is 0 Å². The highest BCUT2D eigenvalue weighted by Crippen LogP contribution is 2.46. The van der Waals surface area contributed by atoms with Crippen molar-refractivity contribution in [1.82, 2.24) is 0 Å². The van der Waals surface area contributed by atoms with Gasteiger partial charge in [0.1, 0.15) is 4.75 Å². The summed E-state index contributed by atoms with van der Waals surface area (Å²) in [5, 5.41) is 0.867. The Morgan fingerprint density at radius 1 is 1.03 bits per heavy atom. The van der Waals surface area contributed by atoms with E-state index in [9.17, 15) is 13.2 Å². The standard InChI is InChI=1S/C26H31Cl2NO4S/c1-25(2,3)24(30)29(20-5-4-6-20)23-12-7-18(17-22(23)28)26(13-15-33-16-14-26)34(31,32)21-10-8-19(27)9-11-21/h7-12,17,20H,4-6,13-16H2,1-3H3. The van der Waals surface area contributed by atoms with Gasteiger partial charge in [-0.3, -0.25) is 4.79 Å². The number of anilines is 1. The normalized spacial score (nSPS) is 18.9. The van der Waals surface area contributed by atoms with E-state index in [0.29, 0.717) is 47.4 Å². The smallest absolute Gasteiger partial charge is 0.232 e. The minimum absolute atomic E-state index is 0.0152. The third-order valence-electron chi connectivity index (χ3n) is 6.97. The highest BCUT2D eigenvalue weighted by atomic mass is 35.5. The number of hydrogen-bond acceptors (Lipinski definition) is 4. The molecule has 2 aromatic carbocycles. The predicted molar refractivity (Wildman–Crippen MR) is 136 cm³/mol. The van der Waals surface area contributed by atoms with Gasteiger partial charge >= 0.3 is 0 Å². The Morgan fingerprint density at radius 3 is 2.15 bits per heavy atom. The second kappa shape index (κ2) is 9.45. The second-order valence-electron chi connectivity index (χ2n) is 10.2. The van der Waals surface area contributed by atoms with Crippen molar-refractivity contribution in [2.45, 2.75) is 68.6 Å². The first-order valence-electron chi connectivity index (χ1n) is 11.7. The molecule has 1 aliphatic heterocycles. The summed E-state index contributed by atoms with van der Waals surface area (Å²) >= 11 is 12.8. The maximum Gasteiger partial charge on any atom is 0.232 e. The monoisotopic (exact) mass is 523 g/mol. The zero-order chi connectivity index (χ0) is 24.7. The summed E-state index contributed by atoms with van der Waals surface area (Å²) in [6.07, 6.45) is 3.59. The third-order valence-corrected chi connectivity index (χ3v) is 10.1. The van der Waals surface area contributed by atoms with E-state index in [1.54, 1.807) is 30.3 Å². The van der Waals surface area contributed by atoms with Crippen molar-refractivity contribution in [3.8, 4) is 0 Å². The Bertz CT molecular complexity index is 1160. The van der Waals surface area contributed by atoms with Crippen LogP contribution in [-0.2, 0) is 24.1 Å². The minimum atomic E-state index is -3.77. The van der Waals surface area contributed by atoms with E-state index < -0.39 is 20.0 Å². The Morgan fingerprint density at radius 2 is 1.65 bits per heavy atom. The fourth-order valence-electron chi connectivity index (χ4n) is 4.72. The number of carbonyl (C=O) groups is 1. The van der Waals surface area contributed by atoms with Crippen LogP contribution >= 0.6 is 23.2 Å². The third kappa shape index (κ3) is 4.50. The first-order chi connectivity index (χ1) is 16.0. The van der Waals surface area contributed by atoms with E-state index in [2.05, 4.69) is 0 Å². The molecule has 0 aromatic heterocycles. The molecule has 0 spiro atoms. The molecule has 1 saturated carbocycles. The van der Waals surface area contributed by atoms with Gasteiger partial charge < -0.3 is 9.64 Å². The SMILES string of the molecule is CC(C)(C)C(=O)N(c1ccc(C2(S(=O)(=O)c3ccc(Cl)cc3)CCOCC2)cc1Cl)C1CCC1. The molecule has 1 saturated heterocycles. The molecule has 5 nitrogen and oxygen atoms in total. The van der Waals surface area contributed by atoms with Crippen molar-refractivity contribution in [3.63, 3.8) is 0 Å². The van der Waals surface area contributed by atoms with Crippen LogP contribution in [0, 0.1) is 5.41 Å². The molecule has 4 rings (SSSR count). The molecule has 1 heterocycles.